The number of amides is 2. The van der Waals surface area contributed by atoms with Crippen LogP contribution in [0.1, 0.15) is 41.0 Å². The Morgan fingerprint density at radius 2 is 1.82 bits per heavy atom. The zero-order chi connectivity index (χ0) is 35.9. The Bertz CT molecular complexity index is 1950. The number of nitrogens with one attached hydrogen (secondary N) is 1. The number of alkyl halides is 3. The maximum Gasteiger partial charge on any atom is 0.573 e. The molecule has 0 bridgehead atoms. The number of carbonyl (C=O) groups excluding carboxylic acids is 2. The summed E-state index contributed by atoms with van der Waals surface area (Å²) in [7, 11) is 0. The van der Waals surface area contributed by atoms with E-state index in [1.54, 1.807) is 25.1 Å². The van der Waals surface area contributed by atoms with Crippen molar-refractivity contribution >= 4 is 40.9 Å². The quantitative estimate of drug-likeness (QED) is 0.0667. The lowest BCUT2D eigenvalue weighted by atomic mass is 9.80. The SMILES string of the molecule is CCSc1cc(C(=O)NC[C@@](O)(c2ccccc2)c2cc3c(c(-c4cc(Cl)c(F)cc4F)n2)OC[C@]3(C)C(N)=O)cc(OC(F)(F)F)c1N. The molecule has 0 radical (unpaired) electrons. The van der Waals surface area contributed by atoms with Crippen LogP contribution < -0.4 is 26.3 Å². The molecular formula is C33H28ClF5N4O5S. The number of aliphatic hydroxyl groups is 1. The van der Waals surface area contributed by atoms with Crippen molar-refractivity contribution in [3.05, 3.63) is 99.7 Å². The summed E-state index contributed by atoms with van der Waals surface area (Å²) in [5.74, 6) is -4.30. The van der Waals surface area contributed by atoms with Crippen LogP contribution in [0, 0.1) is 11.6 Å². The number of primary amides is 1. The maximum absolute atomic E-state index is 15.3. The highest BCUT2D eigenvalue weighted by Crippen LogP contribution is 2.47. The number of anilines is 1. The summed E-state index contributed by atoms with van der Waals surface area (Å²) in [6.45, 7) is 2.29. The lowest BCUT2D eigenvalue weighted by molar-refractivity contribution is -0.274. The lowest BCUT2D eigenvalue weighted by Crippen LogP contribution is -2.43. The van der Waals surface area contributed by atoms with Crippen molar-refractivity contribution in [2.24, 2.45) is 5.73 Å². The van der Waals surface area contributed by atoms with Crippen molar-refractivity contribution in [2.45, 2.75) is 36.1 Å². The zero-order valence-corrected chi connectivity index (χ0v) is 27.3. The molecule has 1 aliphatic heterocycles. The van der Waals surface area contributed by atoms with Crippen molar-refractivity contribution in [3.8, 4) is 22.8 Å². The number of fused-ring (bicyclic) bond motifs is 1. The smallest absolute Gasteiger partial charge is 0.489 e. The number of ether oxygens (including phenoxy) is 2. The van der Waals surface area contributed by atoms with Gasteiger partial charge in [0.25, 0.3) is 5.91 Å². The average molecular weight is 723 g/mol. The summed E-state index contributed by atoms with van der Waals surface area (Å²) in [6, 6.07) is 12.8. The zero-order valence-electron chi connectivity index (χ0n) is 25.8. The van der Waals surface area contributed by atoms with Crippen molar-refractivity contribution < 1.29 is 46.1 Å². The molecule has 9 nitrogen and oxygen atoms in total. The minimum Gasteiger partial charge on any atom is -0.489 e. The minimum atomic E-state index is -5.10. The van der Waals surface area contributed by atoms with Gasteiger partial charge in [-0.1, -0.05) is 48.9 Å². The van der Waals surface area contributed by atoms with Gasteiger partial charge < -0.3 is 31.4 Å². The van der Waals surface area contributed by atoms with E-state index in [2.05, 4.69) is 15.0 Å². The fourth-order valence-corrected chi connectivity index (χ4v) is 6.21. The third-order valence-electron chi connectivity index (χ3n) is 7.95. The van der Waals surface area contributed by atoms with E-state index in [9.17, 15) is 32.3 Å². The molecule has 0 saturated carbocycles. The number of rotatable bonds is 10. The number of hydrogen-bond acceptors (Lipinski definition) is 8. The number of pyridine rings is 1. The number of aromatic nitrogens is 1. The number of halogens is 6. The van der Waals surface area contributed by atoms with E-state index in [-0.39, 0.29) is 56.6 Å². The second kappa shape index (κ2) is 13.4. The third-order valence-corrected chi connectivity index (χ3v) is 9.18. The minimum absolute atomic E-state index is 0.0638. The molecule has 0 aliphatic carbocycles. The lowest BCUT2D eigenvalue weighted by Gasteiger charge is -2.30. The molecule has 0 fully saturated rings. The highest BCUT2D eigenvalue weighted by Gasteiger charge is 2.46. The third kappa shape index (κ3) is 6.96. The number of thioether (sulfide) groups is 1. The summed E-state index contributed by atoms with van der Waals surface area (Å²) in [6.07, 6.45) is -5.10. The first-order valence-corrected chi connectivity index (χ1v) is 15.9. The fourth-order valence-electron chi connectivity index (χ4n) is 5.27. The molecule has 0 saturated heterocycles. The molecule has 4 aromatic rings. The molecule has 3 aromatic carbocycles. The number of nitrogen functional groups attached to an aromatic ring is 1. The maximum atomic E-state index is 15.3. The van der Waals surface area contributed by atoms with Crippen LogP contribution in [-0.2, 0) is 15.8 Å². The van der Waals surface area contributed by atoms with Gasteiger partial charge in [0.2, 0.25) is 5.91 Å². The van der Waals surface area contributed by atoms with Crippen molar-refractivity contribution in [2.75, 3.05) is 24.6 Å². The highest BCUT2D eigenvalue weighted by atomic mass is 35.5. The van der Waals surface area contributed by atoms with Crippen LogP contribution in [0.15, 0.2) is 65.6 Å². The normalized spacial score (nSPS) is 16.8. The second-order valence-electron chi connectivity index (χ2n) is 11.2. The summed E-state index contributed by atoms with van der Waals surface area (Å²) in [5, 5.41) is 14.5. The predicted molar refractivity (Wildman–Crippen MR) is 172 cm³/mol. The number of carbonyl (C=O) groups is 2. The fraction of sp³-hybridized carbons (Fsp3) is 0.242. The molecule has 1 aliphatic rings. The van der Waals surface area contributed by atoms with Crippen molar-refractivity contribution in [3.63, 3.8) is 0 Å². The first kappa shape index (κ1) is 35.7. The van der Waals surface area contributed by atoms with Gasteiger partial charge in [-0.3, -0.25) is 9.59 Å². The van der Waals surface area contributed by atoms with Crippen molar-refractivity contribution in [1.82, 2.24) is 10.3 Å². The van der Waals surface area contributed by atoms with E-state index < -0.39 is 58.1 Å². The Hall–Kier alpha value is -4.60. The Morgan fingerprint density at radius 1 is 1.12 bits per heavy atom. The molecule has 2 heterocycles. The average Bonchev–Trinajstić information content (AvgIpc) is 3.40. The van der Waals surface area contributed by atoms with E-state index >= 15 is 4.39 Å². The van der Waals surface area contributed by atoms with Crippen LogP contribution in [0.4, 0.5) is 27.6 Å². The summed E-state index contributed by atoms with van der Waals surface area (Å²) < 4.78 is 78.8. The van der Waals surface area contributed by atoms with Gasteiger partial charge in [0.05, 0.1) is 22.9 Å². The van der Waals surface area contributed by atoms with Gasteiger partial charge in [-0.25, -0.2) is 13.8 Å². The molecule has 0 spiro atoms. The van der Waals surface area contributed by atoms with Crippen LogP contribution in [0.3, 0.4) is 0 Å². The Morgan fingerprint density at radius 3 is 2.45 bits per heavy atom. The Balaban J connectivity index is 1.65. The van der Waals surface area contributed by atoms with E-state index in [1.807, 2.05) is 0 Å². The van der Waals surface area contributed by atoms with Crippen LogP contribution in [-0.4, -0.2) is 47.2 Å². The van der Waals surface area contributed by atoms with Crippen LogP contribution in [0.5, 0.6) is 11.5 Å². The second-order valence-corrected chi connectivity index (χ2v) is 13.0. The monoisotopic (exact) mass is 722 g/mol. The molecule has 258 valence electrons. The topological polar surface area (TPSA) is 150 Å². The predicted octanol–water partition coefficient (Wildman–Crippen LogP) is 6.07. The molecule has 6 N–H and O–H groups in total. The van der Waals surface area contributed by atoms with Crippen molar-refractivity contribution in [1.29, 1.82) is 0 Å². The van der Waals surface area contributed by atoms with Gasteiger partial charge in [0.15, 0.2) is 5.75 Å². The number of nitrogens with zero attached hydrogens (tertiary/aromatic N) is 1. The number of benzene rings is 3. The molecule has 5 rings (SSSR count). The molecule has 49 heavy (non-hydrogen) atoms. The van der Waals surface area contributed by atoms with Crippen LogP contribution >= 0.6 is 23.4 Å². The number of nitrogens with two attached hydrogens (primary N) is 2. The molecular weight excluding hydrogens is 695 g/mol. The van der Waals surface area contributed by atoms with Gasteiger partial charge in [0, 0.05) is 27.7 Å². The van der Waals surface area contributed by atoms with Gasteiger partial charge in [-0.2, -0.15) is 0 Å². The molecule has 16 heteroatoms. The summed E-state index contributed by atoms with van der Waals surface area (Å²) in [5.41, 5.74) is 6.84. The van der Waals surface area contributed by atoms with E-state index in [4.69, 9.17) is 27.8 Å². The molecule has 2 amide bonds. The highest BCUT2D eigenvalue weighted by molar-refractivity contribution is 7.99. The van der Waals surface area contributed by atoms with Gasteiger partial charge in [-0.15, -0.1) is 24.9 Å². The first-order valence-electron chi connectivity index (χ1n) is 14.5. The van der Waals surface area contributed by atoms with Crippen LogP contribution in [0.25, 0.3) is 11.3 Å². The van der Waals surface area contributed by atoms with Gasteiger partial charge >= 0.3 is 6.36 Å². The molecule has 0 unspecified atom stereocenters. The van der Waals surface area contributed by atoms with E-state index in [1.165, 1.54) is 31.2 Å². The van der Waals surface area contributed by atoms with Gasteiger partial charge in [-0.05, 0) is 42.5 Å². The largest absolute Gasteiger partial charge is 0.573 e. The van der Waals surface area contributed by atoms with E-state index in [0.29, 0.717) is 11.8 Å². The van der Waals surface area contributed by atoms with E-state index in [0.717, 1.165) is 23.9 Å². The first-order chi connectivity index (χ1) is 23.0. The molecule has 1 aromatic heterocycles. The Labute approximate surface area is 285 Å². The Kier molecular flexibility index (Phi) is 9.74. The number of hydrogen-bond donors (Lipinski definition) is 4. The van der Waals surface area contributed by atoms with Crippen LogP contribution in [0.2, 0.25) is 5.02 Å². The standard InChI is InChI=1S/C33H28ClF5N4O5S/c1-3-49-24-10-16(9-23(26(24)40)48-33(37,38)39)29(44)42-14-32(46,17-7-5-4-6-8-17)25-12-19-28(47-15-31(19,2)30(41)45)27(43-25)18-11-20(34)22(36)13-21(18)35/h4-13,46H,3,14-15,40H2,1-2H3,(H2,41,45)(H,42,44)/t31-,32+/m0/s1. The molecule has 2 atom stereocenters. The summed E-state index contributed by atoms with van der Waals surface area (Å²) >= 11 is 7.07. The van der Waals surface area contributed by atoms with Gasteiger partial charge in [0.1, 0.15) is 40.7 Å². The summed E-state index contributed by atoms with van der Waals surface area (Å²) in [4.78, 5) is 30.9.